The molecule has 0 aliphatic rings. The number of carbonyl (C=O) groups excluding carboxylic acids is 1. The zero-order valence-electron chi connectivity index (χ0n) is 13.0. The maximum Gasteiger partial charge on any atom is 0.251 e. The van der Waals surface area contributed by atoms with Crippen LogP contribution in [0.15, 0.2) is 48.5 Å². The first-order valence-electron chi connectivity index (χ1n) is 7.34. The van der Waals surface area contributed by atoms with E-state index in [0.29, 0.717) is 12.1 Å². The van der Waals surface area contributed by atoms with Gasteiger partial charge in [-0.3, -0.25) is 4.79 Å². The number of nitrogens with zero attached hydrogens (tertiary/aromatic N) is 1. The fourth-order valence-electron chi connectivity index (χ4n) is 2.16. The molecule has 0 aliphatic carbocycles. The lowest BCUT2D eigenvalue weighted by molar-refractivity contribution is 0.0954. The summed E-state index contributed by atoms with van der Waals surface area (Å²) in [7, 11) is 3.90. The number of nitrogens with one attached hydrogen (secondary N) is 1. The monoisotopic (exact) mass is 298 g/mol. The lowest BCUT2D eigenvalue weighted by Gasteiger charge is -2.13. The van der Waals surface area contributed by atoms with Gasteiger partial charge < -0.3 is 15.3 Å². The number of amides is 1. The summed E-state index contributed by atoms with van der Waals surface area (Å²) in [5, 5.41) is 11.9. The van der Waals surface area contributed by atoms with Crippen molar-refractivity contribution in [2.24, 2.45) is 0 Å². The van der Waals surface area contributed by atoms with E-state index in [1.165, 1.54) is 0 Å². The third-order valence-electron chi connectivity index (χ3n) is 3.53. The van der Waals surface area contributed by atoms with Gasteiger partial charge in [-0.25, -0.2) is 0 Å². The van der Waals surface area contributed by atoms with Crippen molar-refractivity contribution in [3.8, 4) is 0 Å². The molecule has 4 heteroatoms. The van der Waals surface area contributed by atoms with Crippen molar-refractivity contribution >= 4 is 11.6 Å². The van der Waals surface area contributed by atoms with Gasteiger partial charge in [0.15, 0.2) is 0 Å². The number of carbonyl (C=O) groups is 1. The second-order valence-electron chi connectivity index (χ2n) is 5.43. The molecule has 2 rings (SSSR count). The van der Waals surface area contributed by atoms with Gasteiger partial charge in [0.25, 0.3) is 5.91 Å². The van der Waals surface area contributed by atoms with Gasteiger partial charge in [0.05, 0.1) is 6.61 Å². The first-order valence-corrected chi connectivity index (χ1v) is 7.34. The minimum absolute atomic E-state index is 0.0548. The van der Waals surface area contributed by atoms with Crippen molar-refractivity contribution in [2.75, 3.05) is 25.5 Å². The average molecular weight is 298 g/mol. The fraction of sp³-hybridized carbons (Fsp3) is 0.278. The minimum atomic E-state index is -0.0596. The van der Waals surface area contributed by atoms with Crippen molar-refractivity contribution in [2.45, 2.75) is 13.0 Å². The summed E-state index contributed by atoms with van der Waals surface area (Å²) in [6.07, 6.45) is 0.769. The van der Waals surface area contributed by atoms with Crippen LogP contribution < -0.4 is 10.2 Å². The number of rotatable bonds is 6. The number of hydrogen-bond donors (Lipinski definition) is 2. The second kappa shape index (κ2) is 7.61. The molecule has 0 unspecified atom stereocenters. The van der Waals surface area contributed by atoms with Crippen LogP contribution in [-0.4, -0.2) is 31.7 Å². The lowest BCUT2D eigenvalue weighted by atomic mass is 10.1. The molecule has 4 nitrogen and oxygen atoms in total. The Bertz CT molecular complexity index is 621. The van der Waals surface area contributed by atoms with Crippen molar-refractivity contribution in [1.82, 2.24) is 5.32 Å². The predicted octanol–water partition coefficient (Wildman–Crippen LogP) is 2.22. The minimum Gasteiger partial charge on any atom is -0.392 e. The van der Waals surface area contributed by atoms with Gasteiger partial charge >= 0.3 is 0 Å². The van der Waals surface area contributed by atoms with Gasteiger partial charge in [-0.05, 0) is 35.7 Å². The molecule has 2 aromatic carbocycles. The SMILES string of the molecule is CN(C)c1cccc(C(=O)NCCc2ccc(CO)cc2)c1. The molecule has 0 radical (unpaired) electrons. The zero-order chi connectivity index (χ0) is 15.9. The number of anilines is 1. The smallest absolute Gasteiger partial charge is 0.251 e. The highest BCUT2D eigenvalue weighted by atomic mass is 16.3. The van der Waals surface area contributed by atoms with Crippen LogP contribution in [0, 0.1) is 0 Å². The van der Waals surface area contributed by atoms with E-state index in [-0.39, 0.29) is 12.5 Å². The molecule has 0 atom stereocenters. The van der Waals surface area contributed by atoms with Gasteiger partial charge in [0, 0.05) is 31.9 Å². The average Bonchev–Trinajstić information content (AvgIpc) is 2.55. The van der Waals surface area contributed by atoms with Crippen LogP contribution in [0.3, 0.4) is 0 Å². The summed E-state index contributed by atoms with van der Waals surface area (Å²) in [4.78, 5) is 14.1. The molecule has 0 heterocycles. The zero-order valence-corrected chi connectivity index (χ0v) is 13.0. The van der Waals surface area contributed by atoms with Crippen LogP contribution in [0.2, 0.25) is 0 Å². The Labute approximate surface area is 131 Å². The van der Waals surface area contributed by atoms with E-state index in [1.54, 1.807) is 0 Å². The molecule has 2 N–H and O–H groups in total. The molecule has 0 aromatic heterocycles. The molecule has 2 aromatic rings. The van der Waals surface area contributed by atoms with Crippen LogP contribution in [0.5, 0.6) is 0 Å². The summed E-state index contributed by atoms with van der Waals surface area (Å²) in [6, 6.07) is 15.3. The molecule has 116 valence electrons. The van der Waals surface area contributed by atoms with Gasteiger partial charge in [0.1, 0.15) is 0 Å². The Morgan fingerprint density at radius 3 is 2.41 bits per heavy atom. The van der Waals surface area contributed by atoms with E-state index in [0.717, 1.165) is 23.2 Å². The molecule has 0 bridgehead atoms. The molecular formula is C18H22N2O2. The number of benzene rings is 2. The van der Waals surface area contributed by atoms with E-state index in [4.69, 9.17) is 5.11 Å². The van der Waals surface area contributed by atoms with Gasteiger partial charge in [-0.2, -0.15) is 0 Å². The van der Waals surface area contributed by atoms with Crippen molar-refractivity contribution in [3.05, 3.63) is 65.2 Å². The van der Waals surface area contributed by atoms with Gasteiger partial charge in [0.2, 0.25) is 0 Å². The predicted molar refractivity (Wildman–Crippen MR) is 89.2 cm³/mol. The first kappa shape index (κ1) is 16.0. The highest BCUT2D eigenvalue weighted by molar-refractivity contribution is 5.95. The summed E-state index contributed by atoms with van der Waals surface area (Å²) >= 11 is 0. The molecular weight excluding hydrogens is 276 g/mol. The third kappa shape index (κ3) is 4.33. The second-order valence-corrected chi connectivity index (χ2v) is 5.43. The van der Waals surface area contributed by atoms with E-state index >= 15 is 0 Å². The number of aliphatic hydroxyl groups is 1. The summed E-state index contributed by atoms with van der Waals surface area (Å²) in [5.41, 5.74) is 3.71. The van der Waals surface area contributed by atoms with Crippen molar-refractivity contribution < 1.29 is 9.90 Å². The van der Waals surface area contributed by atoms with E-state index in [2.05, 4.69) is 5.32 Å². The standard InChI is InChI=1S/C18H22N2O2/c1-20(2)17-5-3-4-16(12-17)18(22)19-11-10-14-6-8-15(13-21)9-7-14/h3-9,12,21H,10-11,13H2,1-2H3,(H,19,22). The number of hydrogen-bond acceptors (Lipinski definition) is 3. The van der Waals surface area contributed by atoms with Crippen LogP contribution in [0.1, 0.15) is 21.5 Å². The van der Waals surface area contributed by atoms with Crippen molar-refractivity contribution in [1.29, 1.82) is 0 Å². The molecule has 0 aliphatic heterocycles. The molecule has 0 saturated carbocycles. The summed E-state index contributed by atoms with van der Waals surface area (Å²) in [6.45, 7) is 0.642. The Morgan fingerprint density at radius 1 is 1.09 bits per heavy atom. The van der Waals surface area contributed by atoms with Crippen LogP contribution >= 0.6 is 0 Å². The molecule has 0 fully saturated rings. The van der Waals surface area contributed by atoms with Crippen LogP contribution in [0.25, 0.3) is 0 Å². The Kier molecular flexibility index (Phi) is 5.55. The molecule has 22 heavy (non-hydrogen) atoms. The van der Waals surface area contributed by atoms with E-state index in [1.807, 2.05) is 67.5 Å². The topological polar surface area (TPSA) is 52.6 Å². The maximum atomic E-state index is 12.1. The third-order valence-corrected chi connectivity index (χ3v) is 3.53. The molecule has 0 spiro atoms. The quantitative estimate of drug-likeness (QED) is 0.860. The van der Waals surface area contributed by atoms with Crippen molar-refractivity contribution in [3.63, 3.8) is 0 Å². The Balaban J connectivity index is 1.88. The summed E-state index contributed by atoms with van der Waals surface area (Å²) in [5.74, 6) is -0.0596. The van der Waals surface area contributed by atoms with Crippen LogP contribution in [-0.2, 0) is 13.0 Å². The van der Waals surface area contributed by atoms with Gasteiger partial charge in [-0.1, -0.05) is 30.3 Å². The van der Waals surface area contributed by atoms with E-state index in [9.17, 15) is 4.79 Å². The number of aliphatic hydroxyl groups excluding tert-OH is 1. The van der Waals surface area contributed by atoms with E-state index < -0.39 is 0 Å². The molecule has 1 amide bonds. The largest absolute Gasteiger partial charge is 0.392 e. The first-order chi connectivity index (χ1) is 10.6. The van der Waals surface area contributed by atoms with Crippen LogP contribution in [0.4, 0.5) is 5.69 Å². The highest BCUT2D eigenvalue weighted by Gasteiger charge is 2.06. The Hall–Kier alpha value is -2.33. The highest BCUT2D eigenvalue weighted by Crippen LogP contribution is 2.13. The Morgan fingerprint density at radius 2 is 1.77 bits per heavy atom. The molecule has 0 saturated heterocycles. The summed E-state index contributed by atoms with van der Waals surface area (Å²) < 4.78 is 0. The van der Waals surface area contributed by atoms with Gasteiger partial charge in [-0.15, -0.1) is 0 Å². The normalized spacial score (nSPS) is 10.3. The fourth-order valence-corrected chi connectivity index (χ4v) is 2.16. The maximum absolute atomic E-state index is 12.1. The lowest BCUT2D eigenvalue weighted by Crippen LogP contribution is -2.26.